The summed E-state index contributed by atoms with van der Waals surface area (Å²) in [6.45, 7) is 2.53. The average molecular weight is 339 g/mol. The van der Waals surface area contributed by atoms with Gasteiger partial charge in [-0.05, 0) is 30.0 Å². The fourth-order valence-electron chi connectivity index (χ4n) is 2.35. The fourth-order valence-corrected chi connectivity index (χ4v) is 3.07. The van der Waals surface area contributed by atoms with E-state index >= 15 is 0 Å². The van der Waals surface area contributed by atoms with Gasteiger partial charge in [0, 0.05) is 18.7 Å². The summed E-state index contributed by atoms with van der Waals surface area (Å²) in [7, 11) is 0. The number of rotatable bonds is 5. The molecule has 0 fully saturated rings. The summed E-state index contributed by atoms with van der Waals surface area (Å²) in [6.07, 6.45) is 3.36. The molecule has 1 aromatic carbocycles. The van der Waals surface area contributed by atoms with Crippen molar-refractivity contribution >= 4 is 33.5 Å². The molecule has 0 aliphatic heterocycles. The summed E-state index contributed by atoms with van der Waals surface area (Å²) in [4.78, 5) is 29.3. The van der Waals surface area contributed by atoms with Crippen LogP contribution in [-0.2, 0) is 11.3 Å². The smallest absolute Gasteiger partial charge is 0.262 e. The lowest BCUT2D eigenvalue weighted by Gasteiger charge is -2.07. The van der Waals surface area contributed by atoms with Gasteiger partial charge in [-0.3, -0.25) is 14.2 Å². The van der Waals surface area contributed by atoms with Gasteiger partial charge in [0.15, 0.2) is 0 Å². The van der Waals surface area contributed by atoms with Crippen molar-refractivity contribution in [3.8, 4) is 0 Å². The summed E-state index contributed by atoms with van der Waals surface area (Å²) < 4.78 is 1.52. The molecule has 0 radical (unpaired) electrons. The van der Waals surface area contributed by atoms with Crippen molar-refractivity contribution in [2.24, 2.45) is 0 Å². The zero-order valence-corrected chi connectivity index (χ0v) is 14.0. The van der Waals surface area contributed by atoms with Gasteiger partial charge in [0.1, 0.15) is 4.83 Å². The lowest BCUT2D eigenvalue weighted by Crippen LogP contribution is -2.31. The van der Waals surface area contributed by atoms with Crippen LogP contribution in [0.2, 0.25) is 0 Å². The van der Waals surface area contributed by atoms with Gasteiger partial charge >= 0.3 is 0 Å². The number of benzene rings is 1. The second kappa shape index (κ2) is 7.23. The Labute approximate surface area is 143 Å². The van der Waals surface area contributed by atoms with Crippen LogP contribution < -0.4 is 10.9 Å². The molecule has 122 valence electrons. The number of fused-ring (bicyclic) bond motifs is 1. The van der Waals surface area contributed by atoms with Crippen molar-refractivity contribution in [3.05, 3.63) is 69.6 Å². The molecule has 1 amide bonds. The number of nitrogens with zero attached hydrogens (tertiary/aromatic N) is 2. The van der Waals surface area contributed by atoms with Crippen molar-refractivity contribution in [1.82, 2.24) is 14.9 Å². The molecule has 0 aliphatic rings. The topological polar surface area (TPSA) is 64.0 Å². The molecular weight excluding hydrogens is 322 g/mol. The van der Waals surface area contributed by atoms with Gasteiger partial charge in [-0.15, -0.1) is 11.3 Å². The number of nitrogens with one attached hydrogen (secondary N) is 1. The molecule has 0 bridgehead atoms. The minimum atomic E-state index is -0.142. The van der Waals surface area contributed by atoms with Crippen LogP contribution in [0.4, 0.5) is 0 Å². The van der Waals surface area contributed by atoms with E-state index in [1.807, 2.05) is 41.8 Å². The van der Waals surface area contributed by atoms with E-state index in [4.69, 9.17) is 0 Å². The third-order valence-electron chi connectivity index (χ3n) is 3.63. The maximum Gasteiger partial charge on any atom is 0.262 e. The lowest BCUT2D eigenvalue weighted by atomic mass is 10.1. The Morgan fingerprint density at radius 2 is 2.08 bits per heavy atom. The molecule has 2 heterocycles. The van der Waals surface area contributed by atoms with Gasteiger partial charge in [-0.1, -0.05) is 30.3 Å². The van der Waals surface area contributed by atoms with Crippen LogP contribution in [0.25, 0.3) is 16.3 Å². The zero-order chi connectivity index (χ0) is 16.9. The number of thiophene rings is 1. The molecule has 0 saturated heterocycles. The number of carbonyl (C=O) groups is 1. The lowest BCUT2D eigenvalue weighted by molar-refractivity contribution is -0.117. The first kappa shape index (κ1) is 16.1. The SMILES string of the molecule is C/C(=C\c1ccccc1)C(=O)NCCn1cnc2sccc2c1=O. The van der Waals surface area contributed by atoms with E-state index in [0.29, 0.717) is 24.0 Å². The van der Waals surface area contributed by atoms with Gasteiger partial charge in [-0.25, -0.2) is 4.98 Å². The van der Waals surface area contributed by atoms with E-state index in [1.165, 1.54) is 22.2 Å². The molecule has 0 unspecified atom stereocenters. The third kappa shape index (κ3) is 3.60. The van der Waals surface area contributed by atoms with E-state index in [0.717, 1.165) is 10.4 Å². The summed E-state index contributed by atoms with van der Waals surface area (Å²) in [5.74, 6) is -0.142. The van der Waals surface area contributed by atoms with Crippen molar-refractivity contribution in [1.29, 1.82) is 0 Å². The van der Waals surface area contributed by atoms with Gasteiger partial charge in [-0.2, -0.15) is 0 Å². The molecule has 3 aromatic rings. The maximum absolute atomic E-state index is 12.2. The van der Waals surface area contributed by atoms with Crippen LogP contribution in [-0.4, -0.2) is 22.0 Å². The highest BCUT2D eigenvalue weighted by molar-refractivity contribution is 7.16. The molecule has 3 rings (SSSR count). The maximum atomic E-state index is 12.2. The van der Waals surface area contributed by atoms with Gasteiger partial charge in [0.2, 0.25) is 5.91 Å². The summed E-state index contributed by atoms with van der Waals surface area (Å²) in [5.41, 5.74) is 1.53. The summed E-state index contributed by atoms with van der Waals surface area (Å²) >= 11 is 1.44. The van der Waals surface area contributed by atoms with Crippen molar-refractivity contribution in [2.45, 2.75) is 13.5 Å². The summed E-state index contributed by atoms with van der Waals surface area (Å²) in [6, 6.07) is 11.4. The molecular formula is C18H17N3O2S. The first-order valence-electron chi connectivity index (χ1n) is 7.59. The molecule has 6 heteroatoms. The van der Waals surface area contributed by atoms with Crippen molar-refractivity contribution in [2.75, 3.05) is 6.54 Å². The van der Waals surface area contributed by atoms with Crippen LogP contribution in [0.3, 0.4) is 0 Å². The highest BCUT2D eigenvalue weighted by Gasteiger charge is 2.06. The monoisotopic (exact) mass is 339 g/mol. The minimum Gasteiger partial charge on any atom is -0.351 e. The number of hydrogen-bond donors (Lipinski definition) is 1. The van der Waals surface area contributed by atoms with Gasteiger partial charge in [0.25, 0.3) is 5.56 Å². The van der Waals surface area contributed by atoms with E-state index in [2.05, 4.69) is 10.3 Å². The first-order valence-corrected chi connectivity index (χ1v) is 8.47. The fraction of sp³-hybridized carbons (Fsp3) is 0.167. The van der Waals surface area contributed by atoms with Crippen molar-refractivity contribution in [3.63, 3.8) is 0 Å². The second-order valence-corrected chi connectivity index (χ2v) is 6.27. The Morgan fingerprint density at radius 1 is 1.29 bits per heavy atom. The molecule has 24 heavy (non-hydrogen) atoms. The Balaban J connectivity index is 1.61. The molecule has 0 saturated carbocycles. The largest absolute Gasteiger partial charge is 0.351 e. The summed E-state index contributed by atoms with van der Waals surface area (Å²) in [5, 5.41) is 5.30. The molecule has 1 N–H and O–H groups in total. The van der Waals surface area contributed by atoms with E-state index in [1.54, 1.807) is 13.0 Å². The Morgan fingerprint density at radius 3 is 2.88 bits per heavy atom. The van der Waals surface area contributed by atoms with Crippen LogP contribution >= 0.6 is 11.3 Å². The first-order chi connectivity index (χ1) is 11.6. The minimum absolute atomic E-state index is 0.0768. The van der Waals surface area contributed by atoms with Crippen LogP contribution in [0.5, 0.6) is 0 Å². The van der Waals surface area contributed by atoms with E-state index in [-0.39, 0.29) is 11.5 Å². The quantitative estimate of drug-likeness (QED) is 0.727. The van der Waals surface area contributed by atoms with E-state index in [9.17, 15) is 9.59 Å². The second-order valence-electron chi connectivity index (χ2n) is 5.38. The van der Waals surface area contributed by atoms with Gasteiger partial charge < -0.3 is 5.32 Å². The molecule has 2 aromatic heterocycles. The number of hydrogen-bond acceptors (Lipinski definition) is 4. The van der Waals surface area contributed by atoms with Crippen molar-refractivity contribution < 1.29 is 4.79 Å². The molecule has 0 aliphatic carbocycles. The zero-order valence-electron chi connectivity index (χ0n) is 13.2. The van der Waals surface area contributed by atoms with E-state index < -0.39 is 0 Å². The molecule has 0 atom stereocenters. The Hall–Kier alpha value is -2.73. The standard InChI is InChI=1S/C18H17N3O2S/c1-13(11-14-5-3-2-4-6-14)16(22)19-8-9-21-12-20-17-15(18(21)23)7-10-24-17/h2-7,10-12H,8-9H2,1H3,(H,19,22)/b13-11+. The Kier molecular flexibility index (Phi) is 4.86. The van der Waals surface area contributed by atoms with Crippen LogP contribution in [0.1, 0.15) is 12.5 Å². The highest BCUT2D eigenvalue weighted by atomic mass is 32.1. The number of aromatic nitrogens is 2. The Bertz CT molecular complexity index is 942. The van der Waals surface area contributed by atoms with Gasteiger partial charge in [0.05, 0.1) is 11.7 Å². The molecule has 0 spiro atoms. The number of amides is 1. The number of carbonyl (C=O) groups excluding carboxylic acids is 1. The van der Waals surface area contributed by atoms with Crippen LogP contribution in [0.15, 0.2) is 58.5 Å². The normalized spacial score (nSPS) is 11.6. The third-order valence-corrected chi connectivity index (χ3v) is 4.45. The highest BCUT2D eigenvalue weighted by Crippen LogP contribution is 2.13. The predicted octanol–water partition coefficient (Wildman–Crippen LogP) is 2.68. The predicted molar refractivity (Wildman–Crippen MR) is 97.0 cm³/mol. The molecule has 5 nitrogen and oxygen atoms in total. The van der Waals surface area contributed by atoms with Crippen LogP contribution in [0, 0.1) is 0 Å². The average Bonchev–Trinajstić information content (AvgIpc) is 3.07.